The second-order valence-corrected chi connectivity index (χ2v) is 7.08. The number of hydrogen-bond donors (Lipinski definition) is 0. The summed E-state index contributed by atoms with van der Waals surface area (Å²) in [4.78, 5) is 37.2. The van der Waals surface area contributed by atoms with Crippen LogP contribution in [0.4, 0.5) is 0 Å². The average Bonchev–Trinajstić information content (AvgIpc) is 2.70. The van der Waals surface area contributed by atoms with Crippen LogP contribution in [0.2, 0.25) is 10.0 Å². The third kappa shape index (κ3) is 4.39. The molecule has 6 nitrogen and oxygen atoms in total. The number of nitrogens with zero attached hydrogens (tertiary/aromatic N) is 2. The van der Waals surface area contributed by atoms with Crippen LogP contribution in [0.1, 0.15) is 17.3 Å². The summed E-state index contributed by atoms with van der Waals surface area (Å²) in [5, 5.41) is 5.41. The molecule has 0 unspecified atom stereocenters. The SMILES string of the molecule is COC(=O)Cn1nc(-c2ccc(Cl)cc2)c(-c2ccc(Cl)cc2)c(C(C)=O)c1=O. The predicted molar refractivity (Wildman–Crippen MR) is 111 cm³/mol. The zero-order chi connectivity index (χ0) is 21.1. The lowest BCUT2D eigenvalue weighted by Gasteiger charge is -2.16. The van der Waals surface area contributed by atoms with E-state index in [4.69, 9.17) is 23.2 Å². The van der Waals surface area contributed by atoms with Gasteiger partial charge in [-0.2, -0.15) is 5.10 Å². The lowest BCUT2D eigenvalue weighted by molar-refractivity contribution is -0.141. The van der Waals surface area contributed by atoms with E-state index >= 15 is 0 Å². The lowest BCUT2D eigenvalue weighted by Crippen LogP contribution is -2.32. The maximum atomic E-state index is 13.0. The number of ketones is 1. The van der Waals surface area contributed by atoms with E-state index in [0.717, 1.165) is 4.68 Å². The van der Waals surface area contributed by atoms with Gasteiger partial charge in [-0.25, -0.2) is 4.68 Å². The third-order valence-corrected chi connectivity index (χ3v) is 4.77. The van der Waals surface area contributed by atoms with E-state index in [2.05, 4.69) is 9.84 Å². The summed E-state index contributed by atoms with van der Waals surface area (Å²) in [6, 6.07) is 13.5. The minimum absolute atomic E-state index is 0.0730. The molecule has 1 heterocycles. The number of ether oxygens (including phenoxy) is 1. The molecule has 0 aliphatic heterocycles. The molecule has 0 radical (unpaired) electrons. The molecule has 0 spiro atoms. The monoisotopic (exact) mass is 430 g/mol. The Hall–Kier alpha value is -2.96. The second kappa shape index (κ2) is 8.59. The van der Waals surface area contributed by atoms with Crippen molar-refractivity contribution in [3.63, 3.8) is 0 Å². The van der Waals surface area contributed by atoms with Gasteiger partial charge >= 0.3 is 5.97 Å². The Labute approximate surface area is 176 Å². The first-order valence-electron chi connectivity index (χ1n) is 8.56. The normalized spacial score (nSPS) is 10.6. The first-order chi connectivity index (χ1) is 13.8. The zero-order valence-corrected chi connectivity index (χ0v) is 17.1. The van der Waals surface area contributed by atoms with Gasteiger partial charge in [-0.05, 0) is 36.8 Å². The lowest BCUT2D eigenvalue weighted by atomic mass is 9.94. The van der Waals surface area contributed by atoms with E-state index in [-0.39, 0.29) is 5.56 Å². The maximum Gasteiger partial charge on any atom is 0.327 e. The fourth-order valence-electron chi connectivity index (χ4n) is 2.90. The molecule has 3 rings (SSSR count). The van der Waals surface area contributed by atoms with Crippen molar-refractivity contribution in [2.75, 3.05) is 7.11 Å². The summed E-state index contributed by atoms with van der Waals surface area (Å²) in [6.45, 7) is 0.876. The second-order valence-electron chi connectivity index (χ2n) is 6.21. The molecule has 148 valence electrons. The van der Waals surface area contributed by atoms with Crippen molar-refractivity contribution < 1.29 is 14.3 Å². The highest BCUT2D eigenvalue weighted by molar-refractivity contribution is 6.31. The molecule has 29 heavy (non-hydrogen) atoms. The van der Waals surface area contributed by atoms with Crippen molar-refractivity contribution in [3.05, 3.63) is 74.5 Å². The van der Waals surface area contributed by atoms with Crippen LogP contribution in [0.15, 0.2) is 53.3 Å². The fraction of sp³-hybridized carbons (Fsp3) is 0.143. The van der Waals surface area contributed by atoms with E-state index < -0.39 is 23.9 Å². The molecule has 0 aliphatic rings. The zero-order valence-electron chi connectivity index (χ0n) is 15.6. The van der Waals surface area contributed by atoms with E-state index in [1.54, 1.807) is 48.5 Å². The average molecular weight is 431 g/mol. The van der Waals surface area contributed by atoms with Crippen molar-refractivity contribution in [3.8, 4) is 22.4 Å². The first-order valence-corrected chi connectivity index (χ1v) is 9.32. The topological polar surface area (TPSA) is 78.3 Å². The minimum atomic E-state index is -0.675. The van der Waals surface area contributed by atoms with Crippen molar-refractivity contribution in [2.24, 2.45) is 0 Å². The largest absolute Gasteiger partial charge is 0.468 e. The quantitative estimate of drug-likeness (QED) is 0.446. The molecular formula is C21H16Cl2N2O4. The Bertz CT molecular complexity index is 1140. The highest BCUT2D eigenvalue weighted by atomic mass is 35.5. The van der Waals surface area contributed by atoms with Crippen LogP contribution in [-0.2, 0) is 16.1 Å². The van der Waals surface area contributed by atoms with Gasteiger partial charge in [0.25, 0.3) is 5.56 Å². The van der Waals surface area contributed by atoms with Crippen molar-refractivity contribution >= 4 is 35.0 Å². The number of carbonyl (C=O) groups excluding carboxylic acids is 2. The molecule has 0 aliphatic carbocycles. The Morgan fingerprint density at radius 3 is 1.97 bits per heavy atom. The van der Waals surface area contributed by atoms with Crippen LogP contribution in [-0.4, -0.2) is 28.6 Å². The van der Waals surface area contributed by atoms with Gasteiger partial charge in [-0.3, -0.25) is 14.4 Å². The molecule has 0 bridgehead atoms. The number of carbonyl (C=O) groups is 2. The molecule has 0 saturated heterocycles. The van der Waals surface area contributed by atoms with Crippen molar-refractivity contribution in [1.29, 1.82) is 0 Å². The molecule has 3 aromatic rings. The number of hydrogen-bond acceptors (Lipinski definition) is 5. The van der Waals surface area contributed by atoms with Gasteiger partial charge in [-0.1, -0.05) is 47.5 Å². The van der Waals surface area contributed by atoms with Crippen LogP contribution >= 0.6 is 23.2 Å². The Balaban J connectivity index is 2.39. The number of rotatable bonds is 5. The fourth-order valence-corrected chi connectivity index (χ4v) is 3.15. The number of benzene rings is 2. The van der Waals surface area contributed by atoms with Crippen molar-refractivity contribution in [1.82, 2.24) is 9.78 Å². The third-order valence-electron chi connectivity index (χ3n) is 4.26. The van der Waals surface area contributed by atoms with Gasteiger partial charge in [-0.15, -0.1) is 0 Å². The van der Waals surface area contributed by atoms with Gasteiger partial charge in [0.2, 0.25) is 0 Å². The maximum absolute atomic E-state index is 13.0. The summed E-state index contributed by atoms with van der Waals surface area (Å²) < 4.78 is 5.58. The minimum Gasteiger partial charge on any atom is -0.468 e. The molecule has 2 aromatic carbocycles. The van der Waals surface area contributed by atoms with E-state index in [1.807, 2.05) is 0 Å². The standard InChI is InChI=1S/C21H16Cl2N2O4/c1-12(26)18-19(13-3-7-15(22)8-4-13)20(14-5-9-16(23)10-6-14)24-25(21(18)28)11-17(27)29-2/h3-10H,11H2,1-2H3. The molecule has 0 fully saturated rings. The van der Waals surface area contributed by atoms with Crippen LogP contribution in [0.5, 0.6) is 0 Å². The van der Waals surface area contributed by atoms with E-state index in [0.29, 0.717) is 32.4 Å². The summed E-state index contributed by atoms with van der Waals surface area (Å²) in [5.41, 5.74) is 1.20. The van der Waals surface area contributed by atoms with Gasteiger partial charge < -0.3 is 4.74 Å². The Morgan fingerprint density at radius 1 is 0.966 bits per heavy atom. The van der Waals surface area contributed by atoms with Gasteiger partial charge in [0, 0.05) is 21.2 Å². The highest BCUT2D eigenvalue weighted by Crippen LogP contribution is 2.33. The summed E-state index contributed by atoms with van der Waals surface area (Å²) in [5.74, 6) is -1.11. The smallest absolute Gasteiger partial charge is 0.327 e. The summed E-state index contributed by atoms with van der Waals surface area (Å²) >= 11 is 12.0. The van der Waals surface area contributed by atoms with E-state index in [9.17, 15) is 14.4 Å². The molecule has 0 N–H and O–H groups in total. The molecule has 8 heteroatoms. The Morgan fingerprint density at radius 2 is 1.48 bits per heavy atom. The van der Waals surface area contributed by atoms with Crippen LogP contribution in [0.25, 0.3) is 22.4 Å². The molecule has 0 amide bonds. The van der Waals surface area contributed by atoms with Gasteiger partial charge in [0.15, 0.2) is 5.78 Å². The summed E-state index contributed by atoms with van der Waals surface area (Å²) in [6.07, 6.45) is 0. The molecule has 0 atom stereocenters. The predicted octanol–water partition coefficient (Wildman–Crippen LogP) is 4.26. The van der Waals surface area contributed by atoms with Gasteiger partial charge in [0.1, 0.15) is 6.54 Å². The number of halogens is 2. The van der Waals surface area contributed by atoms with Crippen LogP contribution < -0.4 is 5.56 Å². The number of esters is 1. The summed E-state index contributed by atoms with van der Waals surface area (Å²) in [7, 11) is 1.21. The number of aromatic nitrogens is 2. The number of methoxy groups -OCH3 is 1. The number of Topliss-reactive ketones (excluding diaryl/α,β-unsaturated/α-hetero) is 1. The van der Waals surface area contributed by atoms with Gasteiger partial charge in [0.05, 0.1) is 18.4 Å². The van der Waals surface area contributed by atoms with Crippen LogP contribution in [0.3, 0.4) is 0 Å². The van der Waals surface area contributed by atoms with Crippen molar-refractivity contribution in [2.45, 2.75) is 13.5 Å². The Kier molecular flexibility index (Phi) is 6.15. The molecular weight excluding hydrogens is 415 g/mol. The van der Waals surface area contributed by atoms with Crippen LogP contribution in [0, 0.1) is 0 Å². The highest BCUT2D eigenvalue weighted by Gasteiger charge is 2.24. The molecule has 0 saturated carbocycles. The van der Waals surface area contributed by atoms with E-state index in [1.165, 1.54) is 14.0 Å². The first kappa shape index (κ1) is 20.8. The molecule has 1 aromatic heterocycles.